The minimum absolute atomic E-state index is 0.0628. The summed E-state index contributed by atoms with van der Waals surface area (Å²) in [6, 6.07) is 7.76. The van der Waals surface area contributed by atoms with Crippen LogP contribution >= 0.6 is 0 Å². The topological polar surface area (TPSA) is 29.1 Å². The largest absolute Gasteiger partial charge is 0.352 e. The van der Waals surface area contributed by atoms with Crippen LogP contribution in [0.1, 0.15) is 48.5 Å². The van der Waals surface area contributed by atoms with Gasteiger partial charge in [-0.3, -0.25) is 4.79 Å². The van der Waals surface area contributed by atoms with Crippen LogP contribution in [0, 0.1) is 18.8 Å². The highest BCUT2D eigenvalue weighted by molar-refractivity contribution is 5.94. The van der Waals surface area contributed by atoms with E-state index in [1.807, 2.05) is 31.2 Å². The summed E-state index contributed by atoms with van der Waals surface area (Å²) >= 11 is 0. The highest BCUT2D eigenvalue weighted by Gasteiger charge is 2.21. The Labute approximate surface area is 110 Å². The lowest BCUT2D eigenvalue weighted by atomic mass is 9.80. The van der Waals surface area contributed by atoms with Crippen molar-refractivity contribution in [2.75, 3.05) is 6.54 Å². The molecular formula is C16H23NO. The van der Waals surface area contributed by atoms with Gasteiger partial charge in [-0.25, -0.2) is 0 Å². The molecule has 0 saturated heterocycles. The van der Waals surface area contributed by atoms with E-state index in [-0.39, 0.29) is 5.91 Å². The van der Waals surface area contributed by atoms with E-state index in [0.29, 0.717) is 5.92 Å². The van der Waals surface area contributed by atoms with E-state index in [9.17, 15) is 4.79 Å². The zero-order valence-corrected chi connectivity index (χ0v) is 11.4. The SMILES string of the molecule is Cc1ccc(C(=O)NCC2CCCCC2C)cc1. The number of nitrogens with one attached hydrogen (secondary N) is 1. The van der Waals surface area contributed by atoms with Gasteiger partial charge in [-0.1, -0.05) is 43.9 Å². The fraction of sp³-hybridized carbons (Fsp3) is 0.562. The molecule has 1 aromatic carbocycles. The van der Waals surface area contributed by atoms with Crippen LogP contribution in [0.2, 0.25) is 0 Å². The zero-order valence-electron chi connectivity index (χ0n) is 11.4. The summed E-state index contributed by atoms with van der Waals surface area (Å²) in [5, 5.41) is 3.08. The molecule has 0 heterocycles. The van der Waals surface area contributed by atoms with E-state index in [2.05, 4.69) is 12.2 Å². The molecule has 1 aromatic rings. The highest BCUT2D eigenvalue weighted by Crippen LogP contribution is 2.28. The molecule has 1 aliphatic rings. The first-order valence-corrected chi connectivity index (χ1v) is 7.01. The third-order valence-electron chi connectivity index (χ3n) is 4.13. The van der Waals surface area contributed by atoms with Gasteiger partial charge in [0, 0.05) is 12.1 Å². The number of hydrogen-bond donors (Lipinski definition) is 1. The fourth-order valence-corrected chi connectivity index (χ4v) is 2.73. The molecule has 0 radical (unpaired) electrons. The maximum Gasteiger partial charge on any atom is 0.251 e. The summed E-state index contributed by atoms with van der Waals surface area (Å²) in [6.07, 6.45) is 5.24. The van der Waals surface area contributed by atoms with Gasteiger partial charge in [0.15, 0.2) is 0 Å². The van der Waals surface area contributed by atoms with Crippen LogP contribution in [-0.2, 0) is 0 Å². The van der Waals surface area contributed by atoms with Gasteiger partial charge in [-0.05, 0) is 37.3 Å². The van der Waals surface area contributed by atoms with Crippen molar-refractivity contribution in [3.63, 3.8) is 0 Å². The van der Waals surface area contributed by atoms with Crippen LogP contribution in [0.3, 0.4) is 0 Å². The van der Waals surface area contributed by atoms with Gasteiger partial charge in [0.1, 0.15) is 0 Å². The van der Waals surface area contributed by atoms with E-state index < -0.39 is 0 Å². The average molecular weight is 245 g/mol. The van der Waals surface area contributed by atoms with Crippen LogP contribution in [0.4, 0.5) is 0 Å². The second-order valence-electron chi connectivity index (χ2n) is 5.60. The minimum atomic E-state index is 0.0628. The standard InChI is InChI=1S/C16H23NO/c1-12-7-9-14(10-8-12)16(18)17-11-15-6-4-3-5-13(15)2/h7-10,13,15H,3-6,11H2,1-2H3,(H,17,18). The molecule has 1 saturated carbocycles. The van der Waals surface area contributed by atoms with Gasteiger partial charge >= 0.3 is 0 Å². The Balaban J connectivity index is 1.86. The van der Waals surface area contributed by atoms with Crippen molar-refractivity contribution < 1.29 is 4.79 Å². The monoisotopic (exact) mass is 245 g/mol. The van der Waals surface area contributed by atoms with E-state index in [4.69, 9.17) is 0 Å². The second-order valence-corrected chi connectivity index (χ2v) is 5.60. The molecular weight excluding hydrogens is 222 g/mol. The number of carbonyl (C=O) groups excluding carboxylic acids is 1. The Hall–Kier alpha value is -1.31. The normalized spacial score (nSPS) is 23.7. The van der Waals surface area contributed by atoms with Crippen LogP contribution in [0.5, 0.6) is 0 Å². The van der Waals surface area contributed by atoms with Gasteiger partial charge in [-0.15, -0.1) is 0 Å². The first kappa shape index (κ1) is 13.1. The molecule has 0 spiro atoms. The lowest BCUT2D eigenvalue weighted by molar-refractivity contribution is 0.0936. The Morgan fingerprint density at radius 1 is 1.22 bits per heavy atom. The summed E-state index contributed by atoms with van der Waals surface area (Å²) in [5.41, 5.74) is 1.96. The summed E-state index contributed by atoms with van der Waals surface area (Å²) in [6.45, 7) is 5.17. The second kappa shape index (κ2) is 6.03. The molecule has 0 aliphatic heterocycles. The van der Waals surface area contributed by atoms with Gasteiger partial charge in [0.25, 0.3) is 5.91 Å². The molecule has 2 nitrogen and oxygen atoms in total. The lowest BCUT2D eigenvalue weighted by Crippen LogP contribution is -2.33. The maximum absolute atomic E-state index is 12.0. The van der Waals surface area contributed by atoms with Gasteiger partial charge in [-0.2, -0.15) is 0 Å². The number of benzene rings is 1. The van der Waals surface area contributed by atoms with Crippen molar-refractivity contribution in [3.05, 3.63) is 35.4 Å². The smallest absolute Gasteiger partial charge is 0.251 e. The number of carbonyl (C=O) groups is 1. The summed E-state index contributed by atoms with van der Waals surface area (Å²) in [5.74, 6) is 1.47. The van der Waals surface area contributed by atoms with E-state index in [0.717, 1.165) is 18.0 Å². The molecule has 1 fully saturated rings. The third-order valence-corrected chi connectivity index (χ3v) is 4.13. The highest BCUT2D eigenvalue weighted by atomic mass is 16.1. The Bertz CT molecular complexity index is 396. The van der Waals surface area contributed by atoms with E-state index >= 15 is 0 Å². The Morgan fingerprint density at radius 3 is 2.56 bits per heavy atom. The number of amides is 1. The summed E-state index contributed by atoms with van der Waals surface area (Å²) in [7, 11) is 0. The molecule has 1 N–H and O–H groups in total. The molecule has 98 valence electrons. The maximum atomic E-state index is 12.0. The minimum Gasteiger partial charge on any atom is -0.352 e. The van der Waals surface area contributed by atoms with Crippen molar-refractivity contribution in [2.45, 2.75) is 39.5 Å². The van der Waals surface area contributed by atoms with Crippen molar-refractivity contribution in [1.82, 2.24) is 5.32 Å². The lowest BCUT2D eigenvalue weighted by Gasteiger charge is -2.28. The molecule has 18 heavy (non-hydrogen) atoms. The zero-order chi connectivity index (χ0) is 13.0. The molecule has 2 unspecified atom stereocenters. The molecule has 0 aromatic heterocycles. The third kappa shape index (κ3) is 3.34. The predicted octanol–water partition coefficient (Wildman–Crippen LogP) is 3.55. The van der Waals surface area contributed by atoms with Crippen LogP contribution < -0.4 is 5.32 Å². The fourth-order valence-electron chi connectivity index (χ4n) is 2.73. The first-order valence-electron chi connectivity index (χ1n) is 7.01. The Kier molecular flexibility index (Phi) is 4.40. The first-order chi connectivity index (χ1) is 8.66. The van der Waals surface area contributed by atoms with Crippen LogP contribution in [0.25, 0.3) is 0 Å². The molecule has 2 heteroatoms. The van der Waals surface area contributed by atoms with Crippen molar-refractivity contribution in [2.24, 2.45) is 11.8 Å². The number of rotatable bonds is 3. The van der Waals surface area contributed by atoms with E-state index in [1.165, 1.54) is 31.2 Å². The molecule has 0 bridgehead atoms. The quantitative estimate of drug-likeness (QED) is 0.867. The van der Waals surface area contributed by atoms with Crippen molar-refractivity contribution in [1.29, 1.82) is 0 Å². The van der Waals surface area contributed by atoms with Crippen LogP contribution in [-0.4, -0.2) is 12.5 Å². The number of hydrogen-bond acceptors (Lipinski definition) is 1. The molecule has 1 aliphatic carbocycles. The molecule has 2 rings (SSSR count). The van der Waals surface area contributed by atoms with Gasteiger partial charge < -0.3 is 5.32 Å². The summed E-state index contributed by atoms with van der Waals surface area (Å²) < 4.78 is 0. The molecule has 2 atom stereocenters. The van der Waals surface area contributed by atoms with Gasteiger partial charge in [0.05, 0.1) is 0 Å². The van der Waals surface area contributed by atoms with E-state index in [1.54, 1.807) is 0 Å². The van der Waals surface area contributed by atoms with Crippen molar-refractivity contribution >= 4 is 5.91 Å². The average Bonchev–Trinajstić information content (AvgIpc) is 2.38. The van der Waals surface area contributed by atoms with Gasteiger partial charge in [0.2, 0.25) is 0 Å². The Morgan fingerprint density at radius 2 is 1.89 bits per heavy atom. The number of aryl methyl sites for hydroxylation is 1. The molecule has 1 amide bonds. The van der Waals surface area contributed by atoms with Crippen LogP contribution in [0.15, 0.2) is 24.3 Å². The predicted molar refractivity (Wildman–Crippen MR) is 74.6 cm³/mol. The summed E-state index contributed by atoms with van der Waals surface area (Å²) in [4.78, 5) is 12.0. The van der Waals surface area contributed by atoms with Crippen molar-refractivity contribution in [3.8, 4) is 0 Å².